The molecule has 0 unspecified atom stereocenters. The standard InChI is InChI=1S/C29H26N8O/c1-2-11-37(10-1)12-13-38-21-14-20(17-31-18-21)23-5-6-25-28(34-23)29(36-35-25)26-15-22-24(33-26)7-9-32-27(22)19-4-3-8-30-16-19/h3-9,14-18,33H,1-2,10-13H2,(H,35,36). The molecule has 0 spiro atoms. The molecule has 9 nitrogen and oxygen atoms in total. The second-order valence-corrected chi connectivity index (χ2v) is 9.52. The summed E-state index contributed by atoms with van der Waals surface area (Å²) in [7, 11) is 0. The van der Waals surface area contributed by atoms with Gasteiger partial charge < -0.3 is 9.72 Å². The fourth-order valence-corrected chi connectivity index (χ4v) is 5.10. The molecule has 0 saturated carbocycles. The number of nitrogens with one attached hydrogen (secondary N) is 2. The summed E-state index contributed by atoms with van der Waals surface area (Å²) < 4.78 is 6.01. The lowest BCUT2D eigenvalue weighted by Crippen LogP contribution is -2.25. The van der Waals surface area contributed by atoms with E-state index in [1.54, 1.807) is 18.6 Å². The van der Waals surface area contributed by atoms with Gasteiger partial charge in [-0.2, -0.15) is 5.10 Å². The van der Waals surface area contributed by atoms with Gasteiger partial charge in [0.25, 0.3) is 0 Å². The third-order valence-corrected chi connectivity index (χ3v) is 7.03. The second kappa shape index (κ2) is 9.68. The second-order valence-electron chi connectivity index (χ2n) is 9.52. The largest absolute Gasteiger partial charge is 0.491 e. The smallest absolute Gasteiger partial charge is 0.138 e. The van der Waals surface area contributed by atoms with Crippen molar-refractivity contribution in [3.8, 4) is 39.7 Å². The van der Waals surface area contributed by atoms with Crippen LogP contribution in [-0.2, 0) is 0 Å². The van der Waals surface area contributed by atoms with Crippen LogP contribution in [0.5, 0.6) is 5.75 Å². The minimum atomic E-state index is 0.653. The molecule has 0 aromatic carbocycles. The SMILES string of the molecule is c1cncc(-c2nccc3[nH]c(-c4n[nH]c5ccc(-c6cncc(OCCN7CCCC7)c6)nc45)cc23)c1. The van der Waals surface area contributed by atoms with Crippen molar-refractivity contribution in [1.29, 1.82) is 0 Å². The Bertz CT molecular complexity index is 1720. The highest BCUT2D eigenvalue weighted by molar-refractivity contribution is 5.99. The van der Waals surface area contributed by atoms with E-state index in [0.717, 1.165) is 81.2 Å². The maximum absolute atomic E-state index is 6.01. The first-order chi connectivity index (χ1) is 18.8. The third-order valence-electron chi connectivity index (χ3n) is 7.03. The van der Waals surface area contributed by atoms with Crippen molar-refractivity contribution in [1.82, 2.24) is 40.0 Å². The Morgan fingerprint density at radius 3 is 2.68 bits per heavy atom. The highest BCUT2D eigenvalue weighted by Crippen LogP contribution is 2.33. The van der Waals surface area contributed by atoms with Gasteiger partial charge in [0.05, 0.1) is 28.8 Å². The van der Waals surface area contributed by atoms with E-state index in [4.69, 9.17) is 9.72 Å². The van der Waals surface area contributed by atoms with E-state index >= 15 is 0 Å². The van der Waals surface area contributed by atoms with Crippen molar-refractivity contribution in [2.24, 2.45) is 0 Å². The molecule has 0 amide bonds. The van der Waals surface area contributed by atoms with Crippen LogP contribution >= 0.6 is 0 Å². The van der Waals surface area contributed by atoms with Gasteiger partial charge in [0.1, 0.15) is 23.6 Å². The van der Waals surface area contributed by atoms with Crippen LogP contribution in [0.3, 0.4) is 0 Å². The molecule has 1 aliphatic heterocycles. The van der Waals surface area contributed by atoms with Crippen molar-refractivity contribution >= 4 is 21.9 Å². The Labute approximate surface area is 219 Å². The van der Waals surface area contributed by atoms with Crippen LogP contribution < -0.4 is 4.74 Å². The predicted molar refractivity (Wildman–Crippen MR) is 147 cm³/mol. The van der Waals surface area contributed by atoms with Crippen molar-refractivity contribution in [2.75, 3.05) is 26.2 Å². The number of fused-ring (bicyclic) bond motifs is 2. The number of likely N-dealkylation sites (tertiary alicyclic amines) is 1. The van der Waals surface area contributed by atoms with Gasteiger partial charge in [0.2, 0.25) is 0 Å². The molecule has 9 heteroatoms. The first-order valence-electron chi connectivity index (χ1n) is 12.9. The fourth-order valence-electron chi connectivity index (χ4n) is 5.10. The summed E-state index contributed by atoms with van der Waals surface area (Å²) in [5.74, 6) is 0.752. The Morgan fingerprint density at radius 1 is 0.868 bits per heavy atom. The van der Waals surface area contributed by atoms with Gasteiger partial charge in [-0.05, 0) is 68.4 Å². The lowest BCUT2D eigenvalue weighted by Gasteiger charge is -2.15. The maximum Gasteiger partial charge on any atom is 0.138 e. The van der Waals surface area contributed by atoms with Gasteiger partial charge in [0.15, 0.2) is 0 Å². The molecule has 1 fully saturated rings. The zero-order valence-electron chi connectivity index (χ0n) is 20.8. The Morgan fingerprint density at radius 2 is 1.79 bits per heavy atom. The van der Waals surface area contributed by atoms with E-state index < -0.39 is 0 Å². The molecule has 7 rings (SSSR count). The van der Waals surface area contributed by atoms with E-state index in [1.807, 2.05) is 48.8 Å². The quantitative estimate of drug-likeness (QED) is 0.313. The summed E-state index contributed by atoms with van der Waals surface area (Å²) in [6.07, 6.45) is 11.5. The summed E-state index contributed by atoms with van der Waals surface area (Å²) in [5.41, 5.74) is 7.79. The molecule has 2 N–H and O–H groups in total. The van der Waals surface area contributed by atoms with Crippen LogP contribution in [0.1, 0.15) is 12.8 Å². The molecule has 6 aromatic rings. The number of hydrogen-bond acceptors (Lipinski definition) is 7. The lowest BCUT2D eigenvalue weighted by atomic mass is 10.1. The topological polar surface area (TPSA) is 108 Å². The molecule has 0 bridgehead atoms. The molecular weight excluding hydrogens is 476 g/mol. The van der Waals surface area contributed by atoms with E-state index in [0.29, 0.717) is 6.61 Å². The summed E-state index contributed by atoms with van der Waals surface area (Å²) in [6.45, 7) is 3.92. The molecule has 1 saturated heterocycles. The molecule has 0 atom stereocenters. The van der Waals surface area contributed by atoms with Crippen molar-refractivity contribution in [3.05, 3.63) is 73.4 Å². The van der Waals surface area contributed by atoms with Crippen LogP contribution in [0.4, 0.5) is 0 Å². The summed E-state index contributed by atoms with van der Waals surface area (Å²) >= 11 is 0. The molecule has 0 radical (unpaired) electrons. The van der Waals surface area contributed by atoms with Gasteiger partial charge in [-0.15, -0.1) is 0 Å². The average molecular weight is 503 g/mol. The van der Waals surface area contributed by atoms with Gasteiger partial charge in [0, 0.05) is 53.4 Å². The number of ether oxygens (including phenoxy) is 1. The average Bonchev–Trinajstić information content (AvgIpc) is 3.73. The highest BCUT2D eigenvalue weighted by atomic mass is 16.5. The van der Waals surface area contributed by atoms with Crippen molar-refractivity contribution in [2.45, 2.75) is 12.8 Å². The Kier molecular flexibility index (Phi) is 5.75. The summed E-state index contributed by atoms with van der Waals surface area (Å²) in [5, 5.41) is 8.72. The molecule has 188 valence electrons. The van der Waals surface area contributed by atoms with Gasteiger partial charge >= 0.3 is 0 Å². The van der Waals surface area contributed by atoms with E-state index in [1.165, 1.54) is 12.8 Å². The number of aromatic amines is 2. The number of pyridine rings is 4. The monoisotopic (exact) mass is 502 g/mol. The Balaban J connectivity index is 1.20. The molecule has 6 aromatic heterocycles. The predicted octanol–water partition coefficient (Wildman–Crippen LogP) is 5.10. The van der Waals surface area contributed by atoms with Crippen molar-refractivity contribution < 1.29 is 4.74 Å². The minimum absolute atomic E-state index is 0.653. The number of hydrogen-bond donors (Lipinski definition) is 2. The van der Waals surface area contributed by atoms with Gasteiger partial charge in [-0.25, -0.2) is 4.98 Å². The molecule has 7 heterocycles. The maximum atomic E-state index is 6.01. The van der Waals surface area contributed by atoms with Gasteiger partial charge in [-0.3, -0.25) is 25.0 Å². The van der Waals surface area contributed by atoms with Crippen LogP contribution in [0.25, 0.3) is 55.8 Å². The molecule has 1 aliphatic rings. The molecule has 0 aliphatic carbocycles. The minimum Gasteiger partial charge on any atom is -0.491 e. The number of H-pyrrole nitrogens is 2. The summed E-state index contributed by atoms with van der Waals surface area (Å²) in [6, 6.07) is 13.9. The summed E-state index contributed by atoms with van der Waals surface area (Å²) in [4.78, 5) is 24.2. The highest BCUT2D eigenvalue weighted by Gasteiger charge is 2.16. The normalized spacial score (nSPS) is 14.0. The van der Waals surface area contributed by atoms with Gasteiger partial charge in [-0.1, -0.05) is 0 Å². The first kappa shape index (κ1) is 22.6. The van der Waals surface area contributed by atoms with Crippen LogP contribution in [0.2, 0.25) is 0 Å². The van der Waals surface area contributed by atoms with E-state index in [2.05, 4.69) is 41.1 Å². The van der Waals surface area contributed by atoms with Crippen molar-refractivity contribution in [3.63, 3.8) is 0 Å². The zero-order valence-corrected chi connectivity index (χ0v) is 20.8. The zero-order chi connectivity index (χ0) is 25.3. The van der Waals surface area contributed by atoms with Crippen LogP contribution in [0, 0.1) is 0 Å². The number of nitrogens with zero attached hydrogens (tertiary/aromatic N) is 6. The first-order valence-corrected chi connectivity index (χ1v) is 12.9. The van der Waals surface area contributed by atoms with Crippen LogP contribution in [0.15, 0.2) is 73.4 Å². The fraction of sp³-hybridized carbons (Fsp3) is 0.207. The Hall–Kier alpha value is -4.63. The van der Waals surface area contributed by atoms with E-state index in [9.17, 15) is 0 Å². The lowest BCUT2D eigenvalue weighted by molar-refractivity contribution is 0.237. The van der Waals surface area contributed by atoms with Crippen LogP contribution in [-0.4, -0.2) is 66.3 Å². The molecular formula is C29H26N8O. The molecule has 38 heavy (non-hydrogen) atoms. The third kappa shape index (κ3) is 4.26. The number of aromatic nitrogens is 7. The number of rotatable bonds is 7. The van der Waals surface area contributed by atoms with E-state index in [-0.39, 0.29) is 0 Å².